The lowest BCUT2D eigenvalue weighted by molar-refractivity contribution is 0.353. The number of rotatable bonds is 5. The van der Waals surface area contributed by atoms with Crippen molar-refractivity contribution in [2.75, 3.05) is 12.4 Å². The fraction of sp³-hybridized carbons (Fsp3) is 0.348. The summed E-state index contributed by atoms with van der Waals surface area (Å²) in [5.41, 5.74) is 4.93. The van der Waals surface area contributed by atoms with Crippen LogP contribution in [-0.2, 0) is 15.4 Å². The summed E-state index contributed by atoms with van der Waals surface area (Å²) >= 11 is 0. The van der Waals surface area contributed by atoms with Crippen LogP contribution >= 0.6 is 0 Å². The zero-order valence-corrected chi connectivity index (χ0v) is 18.7. The Labute approximate surface area is 190 Å². The minimum Gasteiger partial charge on any atom is -0.463 e. The summed E-state index contributed by atoms with van der Waals surface area (Å²) in [6, 6.07) is 3.89. The van der Waals surface area contributed by atoms with Crippen LogP contribution in [-0.4, -0.2) is 41.3 Å². The summed E-state index contributed by atoms with van der Waals surface area (Å²) in [6.45, 7) is 1.53. The van der Waals surface area contributed by atoms with Crippen LogP contribution in [0.4, 0.5) is 8.78 Å². The van der Waals surface area contributed by atoms with E-state index in [0.29, 0.717) is 18.4 Å². The third kappa shape index (κ3) is 3.97. The Bertz CT molecular complexity index is 1300. The van der Waals surface area contributed by atoms with Gasteiger partial charge in [-0.25, -0.2) is 27.2 Å². The summed E-state index contributed by atoms with van der Waals surface area (Å²) in [5.74, 6) is 0.697. The molecule has 1 spiro atoms. The first-order valence-electron chi connectivity index (χ1n) is 10.2. The summed E-state index contributed by atoms with van der Waals surface area (Å²) in [4.78, 5) is 12.3. The highest BCUT2D eigenvalue weighted by Gasteiger charge is 2.58. The van der Waals surface area contributed by atoms with E-state index in [0.717, 1.165) is 18.6 Å². The maximum atomic E-state index is 14.8. The molecule has 1 saturated carbocycles. The second kappa shape index (κ2) is 8.23. The minimum absolute atomic E-state index is 0.00725. The molecule has 1 aliphatic carbocycles. The number of hydrogen-bond acceptors (Lipinski definition) is 7. The highest BCUT2D eigenvalue weighted by Crippen LogP contribution is 2.47. The predicted octanol–water partition coefficient (Wildman–Crippen LogP) is 3.02. The van der Waals surface area contributed by atoms with Crippen molar-refractivity contribution in [2.45, 2.75) is 36.5 Å². The summed E-state index contributed by atoms with van der Waals surface area (Å²) in [5, 5.41) is 0. The Morgan fingerprint density at radius 1 is 1.33 bits per heavy atom. The van der Waals surface area contributed by atoms with Crippen LogP contribution in [0.2, 0.25) is 0 Å². The van der Waals surface area contributed by atoms with Gasteiger partial charge in [0.05, 0.1) is 18.1 Å². The Morgan fingerprint density at radius 2 is 2.09 bits per heavy atom. The molecule has 0 bridgehead atoms. The molecule has 1 fully saturated rings. The molecule has 1 aliphatic heterocycles. The number of hydrogen-bond donors (Lipinski definition) is 1. The number of nitrogens with zero attached hydrogens (tertiary/aromatic N) is 3. The first-order chi connectivity index (χ1) is 15.6. The van der Waals surface area contributed by atoms with E-state index in [2.05, 4.69) is 20.9 Å². The van der Waals surface area contributed by atoms with E-state index in [9.17, 15) is 17.2 Å². The smallest absolute Gasteiger partial charge is 0.233 e. The summed E-state index contributed by atoms with van der Waals surface area (Å²) < 4.78 is 59.6. The maximum absolute atomic E-state index is 14.8. The highest BCUT2D eigenvalue weighted by atomic mass is 32.2. The van der Waals surface area contributed by atoms with E-state index in [4.69, 9.17) is 16.9 Å². The van der Waals surface area contributed by atoms with E-state index in [1.807, 2.05) is 0 Å². The second-order valence-corrected chi connectivity index (χ2v) is 10.6. The van der Waals surface area contributed by atoms with Crippen LogP contribution in [0.15, 0.2) is 35.6 Å². The largest absolute Gasteiger partial charge is 0.463 e. The summed E-state index contributed by atoms with van der Waals surface area (Å²) in [7, 11) is -3.65. The van der Waals surface area contributed by atoms with Gasteiger partial charge in [-0.15, -0.1) is 6.42 Å². The number of sulfone groups is 1. The first-order valence-corrected chi connectivity index (χ1v) is 11.9. The molecule has 1 atom stereocenters. The third-order valence-corrected chi connectivity index (χ3v) is 8.85. The van der Waals surface area contributed by atoms with E-state index in [1.54, 1.807) is 0 Å². The molecule has 172 valence electrons. The van der Waals surface area contributed by atoms with Crippen LogP contribution in [0, 0.1) is 18.2 Å². The van der Waals surface area contributed by atoms with E-state index < -0.39 is 31.8 Å². The molecule has 7 nitrogen and oxygen atoms in total. The number of ether oxygens (including phenoxy) is 1. The molecular weight excluding hydrogens is 450 g/mol. The molecule has 1 aromatic carbocycles. The Kier molecular flexibility index (Phi) is 5.70. The van der Waals surface area contributed by atoms with E-state index in [1.165, 1.54) is 31.5 Å². The number of benzene rings is 1. The number of nitrogens with two attached hydrogens (primary N) is 1. The first kappa shape index (κ1) is 22.9. The number of aliphatic imine (C=N–C) groups is 1. The van der Waals surface area contributed by atoms with Gasteiger partial charge >= 0.3 is 0 Å². The Hall–Kier alpha value is -3.32. The molecule has 0 radical (unpaired) electrons. The highest BCUT2D eigenvalue weighted by molar-refractivity contribution is 7.93. The molecule has 0 amide bonds. The lowest BCUT2D eigenvalue weighted by atomic mass is 9.82. The monoisotopic (exact) mass is 472 g/mol. The molecule has 0 saturated heterocycles. The second-order valence-electron chi connectivity index (χ2n) is 8.34. The number of halogens is 2. The Morgan fingerprint density at radius 3 is 2.67 bits per heavy atom. The van der Waals surface area contributed by atoms with Crippen molar-refractivity contribution in [3.63, 3.8) is 0 Å². The van der Waals surface area contributed by atoms with Gasteiger partial charge in [-0.3, -0.25) is 4.99 Å². The van der Waals surface area contributed by atoms with Gasteiger partial charge in [-0.05, 0) is 50.0 Å². The molecule has 4 rings (SSSR count). The standard InChI is InChI=1S/C23H22F2N4O3S/c1-3-9-32-20-13-27-19(12-28-20)18(25)11-15-5-6-17(24)16(10-15)22(2)14-33(30,31)23(7-4-8-23)21(26)29-22/h1,5-6,10-13H,4,7-9,14H2,2H3,(H2,26,29)/b18-11-/t22-/m0/s1. The van der Waals surface area contributed by atoms with Gasteiger partial charge in [-0.1, -0.05) is 12.0 Å². The van der Waals surface area contributed by atoms with E-state index >= 15 is 0 Å². The van der Waals surface area contributed by atoms with Crippen molar-refractivity contribution in [2.24, 2.45) is 10.7 Å². The molecule has 10 heteroatoms. The van der Waals surface area contributed by atoms with Gasteiger partial charge in [-0.2, -0.15) is 0 Å². The normalized spacial score (nSPS) is 23.3. The van der Waals surface area contributed by atoms with Crippen LogP contribution in [0.25, 0.3) is 11.9 Å². The molecule has 2 aromatic rings. The number of amidine groups is 1. The van der Waals surface area contributed by atoms with Crippen LogP contribution in [0.3, 0.4) is 0 Å². The van der Waals surface area contributed by atoms with Crippen molar-refractivity contribution in [3.05, 3.63) is 53.2 Å². The fourth-order valence-electron chi connectivity index (χ4n) is 4.17. The van der Waals surface area contributed by atoms with Crippen molar-refractivity contribution in [1.82, 2.24) is 9.97 Å². The molecule has 1 aromatic heterocycles. The number of aromatic nitrogens is 2. The van der Waals surface area contributed by atoms with Gasteiger partial charge in [0.2, 0.25) is 5.88 Å². The van der Waals surface area contributed by atoms with E-state index in [-0.39, 0.29) is 35.3 Å². The maximum Gasteiger partial charge on any atom is 0.233 e. The average molecular weight is 473 g/mol. The zero-order chi connectivity index (χ0) is 23.9. The van der Waals surface area contributed by atoms with Crippen molar-refractivity contribution >= 4 is 27.6 Å². The predicted molar refractivity (Wildman–Crippen MR) is 121 cm³/mol. The van der Waals surface area contributed by atoms with Gasteiger partial charge in [0, 0.05) is 5.56 Å². The van der Waals surface area contributed by atoms with Crippen molar-refractivity contribution < 1.29 is 21.9 Å². The molecule has 33 heavy (non-hydrogen) atoms. The van der Waals surface area contributed by atoms with Gasteiger partial charge in [0.1, 0.15) is 27.6 Å². The summed E-state index contributed by atoms with van der Waals surface area (Å²) in [6.07, 6.45) is 10.3. The third-order valence-electron chi connectivity index (χ3n) is 6.10. The quantitative estimate of drug-likeness (QED) is 0.671. The molecule has 0 unspecified atom stereocenters. The van der Waals surface area contributed by atoms with Crippen molar-refractivity contribution in [3.8, 4) is 18.2 Å². The molecular formula is C23H22F2N4O3S. The van der Waals surface area contributed by atoms with Gasteiger partial charge in [0.25, 0.3) is 0 Å². The average Bonchev–Trinajstić information content (AvgIpc) is 2.71. The van der Waals surface area contributed by atoms with Crippen LogP contribution in [0.5, 0.6) is 5.88 Å². The lowest BCUT2D eigenvalue weighted by Crippen LogP contribution is -2.61. The molecule has 2 heterocycles. The topological polar surface area (TPSA) is 108 Å². The fourth-order valence-corrected chi connectivity index (χ4v) is 6.68. The number of terminal acetylenes is 1. The van der Waals surface area contributed by atoms with Crippen LogP contribution in [0.1, 0.15) is 43.0 Å². The van der Waals surface area contributed by atoms with Crippen molar-refractivity contribution in [1.29, 1.82) is 0 Å². The SMILES string of the molecule is C#CCOc1cnc(/C(F)=C/c2ccc(F)c([C@]3(C)CS(=O)(=O)C4(CCC4)C(N)=N3)c2)cn1. The Balaban J connectivity index is 1.67. The minimum atomic E-state index is -3.65. The molecule has 2 aliphatic rings. The lowest BCUT2D eigenvalue weighted by Gasteiger charge is -2.46. The van der Waals surface area contributed by atoms with Gasteiger partial charge < -0.3 is 10.5 Å². The van der Waals surface area contributed by atoms with Gasteiger partial charge in [0.15, 0.2) is 22.3 Å². The zero-order valence-electron chi connectivity index (χ0n) is 17.9. The van der Waals surface area contributed by atoms with Crippen LogP contribution < -0.4 is 10.5 Å². The molecule has 2 N–H and O–H groups in total.